The SMILES string of the molecule is CN(C[C@H](O)CNC(C)(C)CC1Cc2ccccc2C1)S(=O)(=O)c1cc(-c2cc(CCC(=O)O)ccc2F)c(Cl)s1. The molecule has 41 heavy (non-hydrogen) atoms. The molecule has 1 aromatic heterocycles. The summed E-state index contributed by atoms with van der Waals surface area (Å²) in [5, 5.41) is 23.1. The highest BCUT2D eigenvalue weighted by atomic mass is 35.5. The smallest absolute Gasteiger partial charge is 0.303 e. The van der Waals surface area contributed by atoms with Crippen molar-refractivity contribution in [2.45, 2.75) is 61.8 Å². The van der Waals surface area contributed by atoms with E-state index in [2.05, 4.69) is 43.4 Å². The molecule has 0 bridgehead atoms. The van der Waals surface area contributed by atoms with Gasteiger partial charge < -0.3 is 15.5 Å². The first kappa shape index (κ1) is 31.6. The van der Waals surface area contributed by atoms with Gasteiger partial charge in [0.1, 0.15) is 14.4 Å². The number of sulfonamides is 1. The zero-order valence-corrected chi connectivity index (χ0v) is 25.8. The van der Waals surface area contributed by atoms with E-state index in [4.69, 9.17) is 16.7 Å². The van der Waals surface area contributed by atoms with Crippen LogP contribution < -0.4 is 5.32 Å². The Labute approximate surface area is 250 Å². The fourth-order valence-electron chi connectivity index (χ4n) is 5.44. The zero-order valence-electron chi connectivity index (χ0n) is 23.4. The number of likely N-dealkylation sites (N-methyl/N-ethyl adjacent to an activating group) is 1. The van der Waals surface area contributed by atoms with Gasteiger partial charge in [0.25, 0.3) is 10.0 Å². The van der Waals surface area contributed by atoms with E-state index in [1.54, 1.807) is 0 Å². The molecule has 0 saturated carbocycles. The summed E-state index contributed by atoms with van der Waals surface area (Å²) in [4.78, 5) is 10.9. The standard InChI is InChI=1S/C30H36ClFN2O5S2/c1-30(2,16-20-12-21-6-4-5-7-22(21)13-20)33-17-23(35)18-34(3)41(38,39)28-15-25(29(31)40-28)24-14-19(8-10-26(24)32)9-11-27(36)37/h4-8,10,14-15,20,23,33,35H,9,11-13,16-18H2,1-3H3,(H,36,37)/t23-/m1/s1. The molecule has 2 aromatic carbocycles. The maximum atomic E-state index is 14.7. The fraction of sp³-hybridized carbons (Fsp3) is 0.433. The summed E-state index contributed by atoms with van der Waals surface area (Å²) in [5.41, 5.74) is 3.47. The number of β-amino-alcohol motifs (C(OH)–C–C–N with tert-alkyl or cyclic N) is 1. The summed E-state index contributed by atoms with van der Waals surface area (Å²) in [7, 11) is -2.62. The van der Waals surface area contributed by atoms with Gasteiger partial charge in [-0.1, -0.05) is 41.9 Å². The lowest BCUT2D eigenvalue weighted by Crippen LogP contribution is -2.47. The number of thiophene rings is 1. The summed E-state index contributed by atoms with van der Waals surface area (Å²) in [6.45, 7) is 4.27. The number of rotatable bonds is 13. The Kier molecular flexibility index (Phi) is 9.93. The van der Waals surface area contributed by atoms with Gasteiger partial charge in [-0.2, -0.15) is 4.31 Å². The molecule has 3 aromatic rings. The monoisotopic (exact) mass is 622 g/mol. The Balaban J connectivity index is 1.37. The number of hydrogen-bond donors (Lipinski definition) is 3. The number of aliphatic carboxylic acids is 1. The summed E-state index contributed by atoms with van der Waals surface area (Å²) in [6.07, 6.45) is 2.13. The van der Waals surface area contributed by atoms with E-state index in [1.165, 1.54) is 42.4 Å². The minimum Gasteiger partial charge on any atom is -0.481 e. The lowest BCUT2D eigenvalue weighted by atomic mass is 9.88. The van der Waals surface area contributed by atoms with Gasteiger partial charge in [-0.05, 0) is 80.3 Å². The highest BCUT2D eigenvalue weighted by Crippen LogP contribution is 2.40. The van der Waals surface area contributed by atoms with Crippen molar-refractivity contribution in [3.63, 3.8) is 0 Å². The molecular formula is C30H36ClFN2O5S2. The number of carboxylic acids is 1. The number of halogens is 2. The van der Waals surface area contributed by atoms with Gasteiger partial charge in [-0.3, -0.25) is 4.79 Å². The second-order valence-electron chi connectivity index (χ2n) is 11.4. The van der Waals surface area contributed by atoms with Crippen molar-refractivity contribution in [2.75, 3.05) is 20.1 Å². The number of fused-ring (bicyclic) bond motifs is 1. The molecule has 1 heterocycles. The third kappa shape index (κ3) is 7.94. The average molecular weight is 623 g/mol. The van der Waals surface area contributed by atoms with E-state index in [-0.39, 0.29) is 51.1 Å². The van der Waals surface area contributed by atoms with Gasteiger partial charge in [0.15, 0.2) is 0 Å². The van der Waals surface area contributed by atoms with Crippen LogP contribution in [-0.4, -0.2) is 60.7 Å². The van der Waals surface area contributed by atoms with Gasteiger partial charge in [0, 0.05) is 43.2 Å². The second-order valence-corrected chi connectivity index (χ2v) is 15.3. The molecule has 0 fully saturated rings. The molecule has 0 aliphatic heterocycles. The Morgan fingerprint density at radius 2 is 1.83 bits per heavy atom. The van der Waals surface area contributed by atoms with Gasteiger partial charge in [-0.15, -0.1) is 11.3 Å². The largest absolute Gasteiger partial charge is 0.481 e. The third-order valence-corrected chi connectivity index (χ3v) is 11.1. The molecule has 1 aliphatic rings. The van der Waals surface area contributed by atoms with Crippen LogP contribution in [0.25, 0.3) is 11.1 Å². The molecule has 0 spiro atoms. The number of carbonyl (C=O) groups is 1. The Morgan fingerprint density at radius 1 is 1.17 bits per heavy atom. The van der Waals surface area contributed by atoms with Crippen LogP contribution in [0.4, 0.5) is 4.39 Å². The molecule has 0 unspecified atom stereocenters. The molecule has 0 radical (unpaired) electrons. The van der Waals surface area contributed by atoms with Crippen LogP contribution in [0.3, 0.4) is 0 Å². The van der Waals surface area contributed by atoms with Crippen LogP contribution in [0.5, 0.6) is 0 Å². The summed E-state index contributed by atoms with van der Waals surface area (Å²) < 4.78 is 42.4. The Bertz CT molecular complexity index is 1480. The van der Waals surface area contributed by atoms with E-state index < -0.39 is 27.9 Å². The molecule has 0 amide bonds. The first-order chi connectivity index (χ1) is 19.2. The molecule has 1 aliphatic carbocycles. The molecule has 222 valence electrons. The topological polar surface area (TPSA) is 107 Å². The zero-order chi connectivity index (χ0) is 29.9. The van der Waals surface area contributed by atoms with Crippen LogP contribution in [0.1, 0.15) is 43.4 Å². The maximum absolute atomic E-state index is 14.7. The highest BCUT2D eigenvalue weighted by Gasteiger charge is 2.30. The Hall–Kier alpha value is -2.34. The van der Waals surface area contributed by atoms with E-state index in [0.717, 1.165) is 34.9 Å². The van der Waals surface area contributed by atoms with Crippen LogP contribution >= 0.6 is 22.9 Å². The number of carboxylic acid groups (broad SMARTS) is 1. The molecule has 11 heteroatoms. The molecule has 0 saturated heterocycles. The number of nitrogens with one attached hydrogen (secondary N) is 1. The first-order valence-corrected chi connectivity index (χ1v) is 16.1. The number of aryl methyl sites for hydroxylation is 1. The molecular weight excluding hydrogens is 587 g/mol. The summed E-state index contributed by atoms with van der Waals surface area (Å²) in [5.74, 6) is -1.05. The van der Waals surface area contributed by atoms with Gasteiger partial charge >= 0.3 is 5.97 Å². The van der Waals surface area contributed by atoms with Gasteiger partial charge in [-0.25, -0.2) is 12.8 Å². The predicted octanol–water partition coefficient (Wildman–Crippen LogP) is 5.38. The molecule has 3 N–H and O–H groups in total. The van der Waals surface area contributed by atoms with Crippen molar-refractivity contribution in [3.05, 3.63) is 75.4 Å². The molecule has 7 nitrogen and oxygen atoms in total. The number of aliphatic hydroxyl groups is 1. The van der Waals surface area contributed by atoms with Crippen LogP contribution in [0.15, 0.2) is 52.7 Å². The number of aliphatic hydroxyl groups excluding tert-OH is 1. The predicted molar refractivity (Wildman–Crippen MR) is 161 cm³/mol. The van der Waals surface area contributed by atoms with Gasteiger partial charge in [0.2, 0.25) is 0 Å². The number of hydrogen-bond acceptors (Lipinski definition) is 6. The second kappa shape index (κ2) is 12.9. The van der Waals surface area contributed by atoms with E-state index in [0.29, 0.717) is 11.5 Å². The Morgan fingerprint density at radius 3 is 2.46 bits per heavy atom. The van der Waals surface area contributed by atoms with Crippen molar-refractivity contribution in [3.8, 4) is 11.1 Å². The summed E-state index contributed by atoms with van der Waals surface area (Å²) >= 11 is 7.17. The summed E-state index contributed by atoms with van der Waals surface area (Å²) in [6, 6.07) is 14.0. The normalized spacial score (nSPS) is 14.9. The molecule has 1 atom stereocenters. The average Bonchev–Trinajstić information content (AvgIpc) is 3.49. The lowest BCUT2D eigenvalue weighted by Gasteiger charge is -2.31. The highest BCUT2D eigenvalue weighted by molar-refractivity contribution is 7.91. The van der Waals surface area contributed by atoms with Crippen LogP contribution in [-0.2, 0) is 34.1 Å². The van der Waals surface area contributed by atoms with Crippen molar-refractivity contribution >= 4 is 38.9 Å². The van der Waals surface area contributed by atoms with Crippen LogP contribution in [0, 0.1) is 11.7 Å². The van der Waals surface area contributed by atoms with E-state index >= 15 is 0 Å². The first-order valence-electron chi connectivity index (χ1n) is 13.5. The number of nitrogens with zero attached hydrogens (tertiary/aromatic N) is 1. The number of benzene rings is 2. The molecule has 4 rings (SSSR count). The fourth-order valence-corrected chi connectivity index (χ4v) is 8.61. The van der Waals surface area contributed by atoms with Crippen molar-refractivity contribution < 1.29 is 27.8 Å². The minimum atomic E-state index is -4.01. The van der Waals surface area contributed by atoms with Crippen molar-refractivity contribution in [1.82, 2.24) is 9.62 Å². The van der Waals surface area contributed by atoms with Crippen molar-refractivity contribution in [1.29, 1.82) is 0 Å². The van der Waals surface area contributed by atoms with E-state index in [1.807, 2.05) is 0 Å². The lowest BCUT2D eigenvalue weighted by molar-refractivity contribution is -0.136. The van der Waals surface area contributed by atoms with Gasteiger partial charge in [0.05, 0.1) is 6.10 Å². The maximum Gasteiger partial charge on any atom is 0.303 e. The quantitative estimate of drug-likeness (QED) is 0.236. The van der Waals surface area contributed by atoms with E-state index in [9.17, 15) is 22.7 Å². The van der Waals surface area contributed by atoms with Crippen molar-refractivity contribution in [2.24, 2.45) is 5.92 Å². The minimum absolute atomic E-state index is 0.0726. The van der Waals surface area contributed by atoms with Crippen LogP contribution in [0.2, 0.25) is 4.34 Å². The third-order valence-electron chi connectivity index (χ3n) is 7.50.